The van der Waals surface area contributed by atoms with Gasteiger partial charge in [-0.05, 0) is 44.9 Å². The van der Waals surface area contributed by atoms with Crippen LogP contribution in [-0.4, -0.2) is 39.7 Å². The Morgan fingerprint density at radius 1 is 1.32 bits per heavy atom. The molecule has 0 unspecified atom stereocenters. The molecule has 2 aliphatic rings. The van der Waals surface area contributed by atoms with E-state index in [1.807, 2.05) is 13.8 Å². The number of rotatable bonds is 1. The fourth-order valence-corrected chi connectivity index (χ4v) is 3.82. The molecule has 2 rings (SSSR count). The van der Waals surface area contributed by atoms with E-state index < -0.39 is 29.4 Å². The predicted molar refractivity (Wildman–Crippen MR) is 70.6 cm³/mol. The molecule has 19 heavy (non-hydrogen) atoms. The first-order valence-electron chi connectivity index (χ1n) is 6.88. The molecule has 0 heterocycles. The van der Waals surface area contributed by atoms with Gasteiger partial charge in [0, 0.05) is 0 Å². The van der Waals surface area contributed by atoms with Crippen LogP contribution in [0.4, 0.5) is 4.79 Å². The van der Waals surface area contributed by atoms with Crippen LogP contribution < -0.4 is 5.32 Å². The number of carbonyl (C=O) groups excluding carboxylic acids is 1. The molecule has 0 aliphatic heterocycles. The van der Waals surface area contributed by atoms with E-state index in [-0.39, 0.29) is 11.3 Å². The van der Waals surface area contributed by atoms with Crippen molar-refractivity contribution in [2.45, 2.75) is 70.8 Å². The Kier molecular flexibility index (Phi) is 3.14. The number of hydrogen-bond acceptors (Lipinski definition) is 4. The smallest absolute Gasteiger partial charge is 0.408 e. The lowest BCUT2D eigenvalue weighted by Gasteiger charge is -2.41. The molecule has 0 saturated heterocycles. The molecule has 2 bridgehead atoms. The van der Waals surface area contributed by atoms with Gasteiger partial charge < -0.3 is 20.3 Å². The van der Waals surface area contributed by atoms with Gasteiger partial charge in [-0.2, -0.15) is 0 Å². The second-order valence-corrected chi connectivity index (χ2v) is 7.40. The van der Waals surface area contributed by atoms with Crippen molar-refractivity contribution in [1.82, 2.24) is 5.32 Å². The molecule has 4 atom stereocenters. The number of aliphatic hydroxyl groups is 2. The molecule has 0 radical (unpaired) electrons. The molecular weight excluding hydrogens is 246 g/mol. The van der Waals surface area contributed by atoms with Gasteiger partial charge in [-0.15, -0.1) is 0 Å². The Morgan fingerprint density at radius 3 is 2.32 bits per heavy atom. The Bertz CT molecular complexity index is 387. The number of hydrogen-bond donors (Lipinski definition) is 3. The highest BCUT2D eigenvalue weighted by atomic mass is 16.6. The van der Waals surface area contributed by atoms with Crippen molar-refractivity contribution in [1.29, 1.82) is 0 Å². The summed E-state index contributed by atoms with van der Waals surface area (Å²) in [5, 5.41) is 23.2. The van der Waals surface area contributed by atoms with E-state index in [9.17, 15) is 15.0 Å². The van der Waals surface area contributed by atoms with E-state index in [0.717, 1.165) is 6.42 Å². The molecule has 2 fully saturated rings. The lowest BCUT2D eigenvalue weighted by Crippen LogP contribution is -2.61. The zero-order chi connectivity index (χ0) is 14.6. The number of fused-ring (bicyclic) bond motifs is 2. The minimum atomic E-state index is -0.936. The summed E-state index contributed by atoms with van der Waals surface area (Å²) < 4.78 is 5.28. The van der Waals surface area contributed by atoms with Gasteiger partial charge >= 0.3 is 6.09 Å². The minimum absolute atomic E-state index is 0.0115. The summed E-state index contributed by atoms with van der Waals surface area (Å²) in [5.41, 5.74) is -1.72. The Balaban J connectivity index is 2.20. The lowest BCUT2D eigenvalue weighted by atomic mass is 9.75. The number of ether oxygens (including phenoxy) is 1. The van der Waals surface area contributed by atoms with Gasteiger partial charge in [0.25, 0.3) is 0 Å². The summed E-state index contributed by atoms with van der Waals surface area (Å²) >= 11 is 0. The van der Waals surface area contributed by atoms with E-state index in [0.29, 0.717) is 6.42 Å². The van der Waals surface area contributed by atoms with Crippen LogP contribution in [0.2, 0.25) is 0 Å². The van der Waals surface area contributed by atoms with Crippen molar-refractivity contribution in [3.63, 3.8) is 0 Å². The highest BCUT2D eigenvalue weighted by Gasteiger charge is 2.69. The normalized spacial score (nSPS) is 40.3. The summed E-state index contributed by atoms with van der Waals surface area (Å²) in [6.45, 7) is 9.37. The largest absolute Gasteiger partial charge is 0.444 e. The van der Waals surface area contributed by atoms with Crippen molar-refractivity contribution < 1.29 is 19.7 Å². The fourth-order valence-electron chi connectivity index (χ4n) is 3.82. The predicted octanol–water partition coefficient (Wildman–Crippen LogP) is 1.42. The summed E-state index contributed by atoms with van der Waals surface area (Å²) in [6.07, 6.45) is -0.773. The number of amides is 1. The maximum absolute atomic E-state index is 12.0. The quantitative estimate of drug-likeness (QED) is 0.674. The van der Waals surface area contributed by atoms with Crippen LogP contribution in [0.5, 0.6) is 0 Å². The third-order valence-electron chi connectivity index (χ3n) is 4.89. The first kappa shape index (κ1) is 14.6. The monoisotopic (exact) mass is 271 g/mol. The van der Waals surface area contributed by atoms with Crippen LogP contribution in [0.3, 0.4) is 0 Å². The van der Waals surface area contributed by atoms with Crippen LogP contribution >= 0.6 is 0 Å². The average molecular weight is 271 g/mol. The van der Waals surface area contributed by atoms with E-state index in [4.69, 9.17) is 4.74 Å². The fraction of sp³-hybridized carbons (Fsp3) is 0.929. The Hall–Kier alpha value is -0.810. The highest BCUT2D eigenvalue weighted by molar-refractivity contribution is 5.69. The van der Waals surface area contributed by atoms with Gasteiger partial charge in [-0.25, -0.2) is 4.79 Å². The molecule has 5 heteroatoms. The van der Waals surface area contributed by atoms with Crippen LogP contribution in [0.25, 0.3) is 0 Å². The molecule has 0 aromatic carbocycles. The molecule has 110 valence electrons. The van der Waals surface area contributed by atoms with Gasteiger partial charge in [0.05, 0.1) is 11.6 Å². The van der Waals surface area contributed by atoms with Gasteiger partial charge in [0.2, 0.25) is 0 Å². The van der Waals surface area contributed by atoms with E-state index in [2.05, 4.69) is 5.32 Å². The number of alkyl carbamates (subject to hydrolysis) is 1. The molecule has 0 aromatic rings. The van der Waals surface area contributed by atoms with Crippen molar-refractivity contribution in [3.8, 4) is 0 Å². The van der Waals surface area contributed by atoms with Crippen molar-refractivity contribution >= 4 is 6.09 Å². The summed E-state index contributed by atoms with van der Waals surface area (Å²) in [5.74, 6) is 0.0115. The van der Waals surface area contributed by atoms with Crippen LogP contribution in [0.1, 0.15) is 47.5 Å². The first-order chi connectivity index (χ1) is 8.51. The van der Waals surface area contributed by atoms with Gasteiger partial charge in [-0.1, -0.05) is 13.8 Å². The van der Waals surface area contributed by atoms with Crippen LogP contribution in [-0.2, 0) is 4.74 Å². The summed E-state index contributed by atoms with van der Waals surface area (Å²) in [7, 11) is 0. The van der Waals surface area contributed by atoms with Gasteiger partial charge in [-0.3, -0.25) is 0 Å². The molecule has 3 N–H and O–H groups in total. The van der Waals surface area contributed by atoms with Gasteiger partial charge in [0.15, 0.2) is 0 Å². The van der Waals surface area contributed by atoms with Crippen LogP contribution in [0.15, 0.2) is 0 Å². The average Bonchev–Trinajstić information content (AvgIpc) is 2.51. The Labute approximate surface area is 114 Å². The van der Waals surface area contributed by atoms with E-state index >= 15 is 0 Å². The van der Waals surface area contributed by atoms with Crippen molar-refractivity contribution in [3.05, 3.63) is 0 Å². The Morgan fingerprint density at radius 2 is 1.89 bits per heavy atom. The molecule has 0 spiro atoms. The molecular formula is C14H25NO4. The lowest BCUT2D eigenvalue weighted by molar-refractivity contribution is -0.0392. The first-order valence-corrected chi connectivity index (χ1v) is 6.88. The van der Waals surface area contributed by atoms with Crippen LogP contribution in [0, 0.1) is 11.3 Å². The number of carbonyl (C=O) groups is 1. The maximum atomic E-state index is 12.0. The number of aliphatic hydroxyl groups excluding tert-OH is 2. The summed E-state index contributed by atoms with van der Waals surface area (Å²) in [4.78, 5) is 12.0. The van der Waals surface area contributed by atoms with Gasteiger partial charge in [0.1, 0.15) is 11.7 Å². The highest BCUT2D eigenvalue weighted by Crippen LogP contribution is 2.60. The molecule has 2 aliphatic carbocycles. The molecule has 1 amide bonds. The van der Waals surface area contributed by atoms with Crippen molar-refractivity contribution in [2.24, 2.45) is 11.3 Å². The number of nitrogens with one attached hydrogen (secondary N) is 1. The topological polar surface area (TPSA) is 78.8 Å². The third kappa shape index (κ3) is 2.03. The second-order valence-electron chi connectivity index (χ2n) is 7.40. The maximum Gasteiger partial charge on any atom is 0.408 e. The van der Waals surface area contributed by atoms with Crippen molar-refractivity contribution in [2.75, 3.05) is 0 Å². The molecule has 5 nitrogen and oxygen atoms in total. The standard InChI is InChI=1S/C14H25NO4/c1-12(2,3)19-11(18)15-14-7-6-8(13(14,4)5)9(16)10(14)17/h8-10,16-17H,6-7H2,1-5H3,(H,15,18)/t8-,9-,10+,14-/m1/s1. The molecule has 0 aromatic heterocycles. The zero-order valence-corrected chi connectivity index (χ0v) is 12.4. The minimum Gasteiger partial charge on any atom is -0.444 e. The van der Waals surface area contributed by atoms with E-state index in [1.54, 1.807) is 20.8 Å². The SMILES string of the molecule is CC(C)(C)OC(=O)N[C@]12CC[C@H]([C@@H](O)[C@@H]1O)C2(C)C. The third-order valence-corrected chi connectivity index (χ3v) is 4.89. The summed E-state index contributed by atoms with van der Waals surface area (Å²) in [6, 6.07) is 0. The second kappa shape index (κ2) is 4.09. The van der Waals surface area contributed by atoms with E-state index in [1.165, 1.54) is 0 Å². The zero-order valence-electron chi connectivity index (χ0n) is 12.4. The molecule has 2 saturated carbocycles.